The molecule has 0 aliphatic rings. The molecule has 0 N–H and O–H groups in total. The van der Waals surface area contributed by atoms with Crippen LogP contribution in [0.3, 0.4) is 0 Å². The van der Waals surface area contributed by atoms with Crippen molar-refractivity contribution in [3.8, 4) is 28.6 Å². The van der Waals surface area contributed by atoms with Gasteiger partial charge in [-0.15, -0.1) is 5.10 Å². The molecule has 0 atom stereocenters. The minimum atomic E-state index is -0.198. The average molecular weight is 452 g/mol. The van der Waals surface area contributed by atoms with Crippen molar-refractivity contribution >= 4 is 22.4 Å². The van der Waals surface area contributed by atoms with Crippen LogP contribution in [0.25, 0.3) is 22.4 Å². The van der Waals surface area contributed by atoms with E-state index in [0.29, 0.717) is 40.0 Å². The van der Waals surface area contributed by atoms with Crippen LogP contribution in [-0.4, -0.2) is 34.9 Å². The maximum absolute atomic E-state index is 12.9. The quantitative estimate of drug-likeness (QED) is 0.359. The van der Waals surface area contributed by atoms with E-state index in [1.54, 1.807) is 7.11 Å². The second-order valence-corrected chi connectivity index (χ2v) is 8.12. The monoisotopic (exact) mass is 451 g/mol. The second kappa shape index (κ2) is 9.82. The van der Waals surface area contributed by atoms with Gasteiger partial charge in [0, 0.05) is 5.56 Å². The van der Waals surface area contributed by atoms with Crippen LogP contribution in [0.4, 0.5) is 0 Å². The van der Waals surface area contributed by atoms with Gasteiger partial charge >= 0.3 is 0 Å². The highest BCUT2D eigenvalue weighted by Crippen LogP contribution is 2.28. The van der Waals surface area contributed by atoms with Crippen LogP contribution in [0.5, 0.6) is 17.2 Å². The summed E-state index contributed by atoms with van der Waals surface area (Å²) in [5.41, 5.74) is 1.48. The standard InChI is InChI=1S/C24H25N3O4S/c1-4-6-13-31-18-10-8-17(9-11-18)22-25-24-27(26-22)23(28)21(32-24)15-16-7-12-19(30-5-2)20(14-16)29-3/h7-12,14-15H,4-6,13H2,1-3H3. The number of ether oxygens (including phenoxy) is 3. The predicted octanol–water partition coefficient (Wildman–Crippen LogP) is 3.95. The Bertz CT molecular complexity index is 1310. The Balaban J connectivity index is 1.60. The molecule has 0 aliphatic carbocycles. The zero-order valence-corrected chi connectivity index (χ0v) is 19.1. The Morgan fingerprint density at radius 3 is 2.56 bits per heavy atom. The first kappa shape index (κ1) is 21.8. The molecule has 32 heavy (non-hydrogen) atoms. The van der Waals surface area contributed by atoms with E-state index in [4.69, 9.17) is 14.2 Å². The smallest absolute Gasteiger partial charge is 0.291 e. The third-order valence-corrected chi connectivity index (χ3v) is 5.81. The van der Waals surface area contributed by atoms with Gasteiger partial charge in [0.2, 0.25) is 4.96 Å². The first-order chi connectivity index (χ1) is 15.6. The van der Waals surface area contributed by atoms with E-state index in [1.807, 2.05) is 55.5 Å². The summed E-state index contributed by atoms with van der Waals surface area (Å²) in [7, 11) is 1.59. The van der Waals surface area contributed by atoms with Crippen LogP contribution in [0.2, 0.25) is 0 Å². The molecule has 0 amide bonds. The number of hydrogen-bond donors (Lipinski definition) is 0. The van der Waals surface area contributed by atoms with Crippen LogP contribution < -0.4 is 24.3 Å². The van der Waals surface area contributed by atoms with Gasteiger partial charge in [-0.3, -0.25) is 4.79 Å². The normalized spacial score (nSPS) is 11.8. The predicted molar refractivity (Wildman–Crippen MR) is 126 cm³/mol. The van der Waals surface area contributed by atoms with Gasteiger partial charge in [-0.1, -0.05) is 30.7 Å². The summed E-state index contributed by atoms with van der Waals surface area (Å²) in [6, 6.07) is 13.2. The van der Waals surface area contributed by atoms with E-state index in [1.165, 1.54) is 15.9 Å². The Kier molecular flexibility index (Phi) is 6.70. The van der Waals surface area contributed by atoms with Crippen LogP contribution in [0.15, 0.2) is 47.3 Å². The van der Waals surface area contributed by atoms with Crippen LogP contribution >= 0.6 is 11.3 Å². The number of fused-ring (bicyclic) bond motifs is 1. The molecule has 2 heterocycles. The topological polar surface area (TPSA) is 75.0 Å². The number of hydrogen-bond acceptors (Lipinski definition) is 7. The Morgan fingerprint density at radius 2 is 1.88 bits per heavy atom. The molecule has 4 aromatic rings. The Morgan fingerprint density at radius 1 is 1.06 bits per heavy atom. The van der Waals surface area contributed by atoms with Crippen molar-refractivity contribution in [3.05, 3.63) is 62.9 Å². The molecule has 2 aromatic heterocycles. The van der Waals surface area contributed by atoms with Crippen molar-refractivity contribution in [2.45, 2.75) is 26.7 Å². The second-order valence-electron chi connectivity index (χ2n) is 7.12. The minimum absolute atomic E-state index is 0.198. The summed E-state index contributed by atoms with van der Waals surface area (Å²) in [4.78, 5) is 18.0. The zero-order chi connectivity index (χ0) is 22.5. The number of rotatable bonds is 9. The highest BCUT2D eigenvalue weighted by molar-refractivity contribution is 7.15. The highest BCUT2D eigenvalue weighted by atomic mass is 32.1. The number of aromatic nitrogens is 3. The van der Waals surface area contributed by atoms with E-state index in [0.717, 1.165) is 29.7 Å². The van der Waals surface area contributed by atoms with Crippen molar-refractivity contribution in [2.75, 3.05) is 20.3 Å². The lowest BCUT2D eigenvalue weighted by Gasteiger charge is -2.09. The van der Waals surface area contributed by atoms with E-state index < -0.39 is 0 Å². The summed E-state index contributed by atoms with van der Waals surface area (Å²) >= 11 is 1.30. The first-order valence-corrected chi connectivity index (χ1v) is 11.4. The minimum Gasteiger partial charge on any atom is -0.494 e. The Labute approximate surface area is 189 Å². The van der Waals surface area contributed by atoms with E-state index in [9.17, 15) is 4.79 Å². The van der Waals surface area contributed by atoms with Gasteiger partial charge in [0.1, 0.15) is 5.75 Å². The molecule has 0 aliphatic heterocycles. The fourth-order valence-electron chi connectivity index (χ4n) is 3.19. The third kappa shape index (κ3) is 4.60. The van der Waals surface area contributed by atoms with Crippen LogP contribution in [0, 0.1) is 0 Å². The molecule has 7 nitrogen and oxygen atoms in total. The molecule has 0 spiro atoms. The average Bonchev–Trinajstić information content (AvgIpc) is 3.35. The number of thiazole rings is 1. The molecule has 8 heteroatoms. The lowest BCUT2D eigenvalue weighted by Crippen LogP contribution is -2.23. The van der Waals surface area contributed by atoms with Gasteiger partial charge in [0.15, 0.2) is 17.3 Å². The van der Waals surface area contributed by atoms with Gasteiger partial charge in [-0.05, 0) is 61.4 Å². The molecule has 0 radical (unpaired) electrons. The molecule has 0 unspecified atom stereocenters. The third-order valence-electron chi connectivity index (χ3n) is 4.85. The lowest BCUT2D eigenvalue weighted by atomic mass is 10.2. The number of unbranched alkanes of at least 4 members (excludes halogenated alkanes) is 1. The van der Waals surface area contributed by atoms with Gasteiger partial charge < -0.3 is 14.2 Å². The molecule has 0 bridgehead atoms. The van der Waals surface area contributed by atoms with E-state index in [-0.39, 0.29) is 5.56 Å². The molecule has 2 aromatic carbocycles. The SMILES string of the molecule is CCCCOc1ccc(-c2nc3sc(=Cc4ccc(OCC)c(OC)c4)c(=O)n3n2)cc1. The molecule has 0 saturated heterocycles. The van der Waals surface area contributed by atoms with Gasteiger partial charge in [0.25, 0.3) is 5.56 Å². The number of nitrogens with zero attached hydrogens (tertiary/aromatic N) is 3. The van der Waals surface area contributed by atoms with Crippen LogP contribution in [-0.2, 0) is 0 Å². The lowest BCUT2D eigenvalue weighted by molar-refractivity contribution is 0.309. The molecule has 4 rings (SSSR count). The summed E-state index contributed by atoms with van der Waals surface area (Å²) < 4.78 is 18.5. The molecular formula is C24H25N3O4S. The van der Waals surface area contributed by atoms with Crippen molar-refractivity contribution in [2.24, 2.45) is 0 Å². The van der Waals surface area contributed by atoms with Gasteiger partial charge in [-0.25, -0.2) is 0 Å². The van der Waals surface area contributed by atoms with Gasteiger partial charge in [-0.2, -0.15) is 9.50 Å². The van der Waals surface area contributed by atoms with Gasteiger partial charge in [0.05, 0.1) is 24.9 Å². The van der Waals surface area contributed by atoms with E-state index in [2.05, 4.69) is 17.0 Å². The molecule has 166 valence electrons. The molecular weight excluding hydrogens is 426 g/mol. The van der Waals surface area contributed by atoms with E-state index >= 15 is 0 Å². The fraction of sp³-hybridized carbons (Fsp3) is 0.292. The summed E-state index contributed by atoms with van der Waals surface area (Å²) in [6.45, 7) is 5.30. The fourth-order valence-corrected chi connectivity index (χ4v) is 4.10. The Hall–Kier alpha value is -3.39. The number of benzene rings is 2. The maximum atomic E-state index is 12.9. The maximum Gasteiger partial charge on any atom is 0.291 e. The van der Waals surface area contributed by atoms with Crippen molar-refractivity contribution < 1.29 is 14.2 Å². The summed E-state index contributed by atoms with van der Waals surface area (Å²) in [6.07, 6.45) is 3.93. The molecule has 0 saturated carbocycles. The number of methoxy groups -OCH3 is 1. The van der Waals surface area contributed by atoms with Crippen molar-refractivity contribution in [1.82, 2.24) is 14.6 Å². The summed E-state index contributed by atoms with van der Waals surface area (Å²) in [5.74, 6) is 2.62. The van der Waals surface area contributed by atoms with Crippen molar-refractivity contribution in [3.63, 3.8) is 0 Å². The first-order valence-electron chi connectivity index (χ1n) is 10.6. The van der Waals surface area contributed by atoms with Crippen molar-refractivity contribution in [1.29, 1.82) is 0 Å². The molecule has 0 fully saturated rings. The van der Waals surface area contributed by atoms with Crippen LogP contribution in [0.1, 0.15) is 32.3 Å². The summed E-state index contributed by atoms with van der Waals surface area (Å²) in [5, 5.41) is 4.42. The highest BCUT2D eigenvalue weighted by Gasteiger charge is 2.12. The largest absolute Gasteiger partial charge is 0.494 e. The zero-order valence-electron chi connectivity index (χ0n) is 18.3.